The Morgan fingerprint density at radius 2 is 2.04 bits per heavy atom. The molecule has 2 aromatic heterocycles. The Morgan fingerprint density at radius 1 is 1.22 bits per heavy atom. The van der Waals surface area contributed by atoms with Crippen molar-refractivity contribution >= 4 is 5.91 Å². The van der Waals surface area contributed by atoms with Crippen LogP contribution in [-0.2, 0) is 4.79 Å². The number of H-pyrrole nitrogens is 1. The second-order valence-electron chi connectivity index (χ2n) is 7.26. The molecular formula is C22H25N3O2. The van der Waals surface area contributed by atoms with E-state index in [4.69, 9.17) is 4.42 Å². The van der Waals surface area contributed by atoms with Crippen molar-refractivity contribution in [1.29, 1.82) is 0 Å². The minimum absolute atomic E-state index is 0.0118. The predicted octanol–water partition coefficient (Wildman–Crippen LogP) is 4.84. The Labute approximate surface area is 159 Å². The van der Waals surface area contributed by atoms with Crippen LogP contribution in [0, 0.1) is 6.92 Å². The van der Waals surface area contributed by atoms with Crippen LogP contribution < -0.4 is 0 Å². The first-order valence-corrected chi connectivity index (χ1v) is 9.60. The Bertz CT molecular complexity index is 913. The van der Waals surface area contributed by atoms with E-state index < -0.39 is 0 Å². The van der Waals surface area contributed by atoms with E-state index in [1.807, 2.05) is 55.3 Å². The largest absolute Gasteiger partial charge is 0.466 e. The first kappa shape index (κ1) is 17.6. The van der Waals surface area contributed by atoms with E-state index in [1.165, 1.54) is 0 Å². The number of hydrogen-bond donors (Lipinski definition) is 1. The summed E-state index contributed by atoms with van der Waals surface area (Å²) in [6.07, 6.45) is 4.92. The maximum atomic E-state index is 13.2. The van der Waals surface area contributed by atoms with Crippen molar-refractivity contribution in [2.24, 2.45) is 0 Å². The fourth-order valence-electron chi connectivity index (χ4n) is 3.81. The van der Waals surface area contributed by atoms with Gasteiger partial charge in [-0.2, -0.15) is 0 Å². The van der Waals surface area contributed by atoms with Gasteiger partial charge in [-0.1, -0.05) is 30.3 Å². The van der Waals surface area contributed by atoms with E-state index in [2.05, 4.69) is 22.1 Å². The molecule has 0 aliphatic carbocycles. The summed E-state index contributed by atoms with van der Waals surface area (Å²) >= 11 is 0. The summed E-state index contributed by atoms with van der Waals surface area (Å²) < 4.78 is 5.69. The number of likely N-dealkylation sites (tertiary alicyclic amines) is 1. The van der Waals surface area contributed by atoms with Gasteiger partial charge in [0.05, 0.1) is 23.9 Å². The van der Waals surface area contributed by atoms with Crippen molar-refractivity contribution < 1.29 is 9.21 Å². The van der Waals surface area contributed by atoms with E-state index in [9.17, 15) is 4.79 Å². The van der Waals surface area contributed by atoms with Crippen molar-refractivity contribution in [2.45, 2.75) is 45.1 Å². The SMILES string of the molecule is Cc1ccc(C(C)C(=O)N2CCCCC2c2ncc(-c3ccccc3)[nH]2)o1. The van der Waals surface area contributed by atoms with E-state index in [0.29, 0.717) is 0 Å². The quantitative estimate of drug-likeness (QED) is 0.722. The maximum absolute atomic E-state index is 13.2. The van der Waals surface area contributed by atoms with E-state index in [1.54, 1.807) is 0 Å². The van der Waals surface area contributed by atoms with Gasteiger partial charge < -0.3 is 14.3 Å². The lowest BCUT2D eigenvalue weighted by molar-refractivity contribution is -0.136. The minimum Gasteiger partial charge on any atom is -0.466 e. The van der Waals surface area contributed by atoms with E-state index in [-0.39, 0.29) is 17.9 Å². The number of hydrogen-bond acceptors (Lipinski definition) is 3. The fraction of sp³-hybridized carbons (Fsp3) is 0.364. The van der Waals surface area contributed by atoms with Crippen molar-refractivity contribution in [3.8, 4) is 11.3 Å². The number of amides is 1. The molecule has 5 nitrogen and oxygen atoms in total. The van der Waals surface area contributed by atoms with Gasteiger partial charge in [-0.3, -0.25) is 4.79 Å². The van der Waals surface area contributed by atoms with E-state index >= 15 is 0 Å². The number of piperidine rings is 1. The molecule has 1 fully saturated rings. The van der Waals surface area contributed by atoms with Crippen LogP contribution in [0.25, 0.3) is 11.3 Å². The molecule has 140 valence electrons. The summed E-state index contributed by atoms with van der Waals surface area (Å²) in [4.78, 5) is 23.2. The molecular weight excluding hydrogens is 338 g/mol. The normalized spacial score (nSPS) is 18.4. The molecule has 1 N–H and O–H groups in total. The van der Waals surface area contributed by atoms with Gasteiger partial charge in [0.2, 0.25) is 5.91 Å². The number of carbonyl (C=O) groups excluding carboxylic acids is 1. The van der Waals surface area contributed by atoms with Crippen LogP contribution in [0.2, 0.25) is 0 Å². The highest BCUT2D eigenvalue weighted by molar-refractivity contribution is 5.83. The molecule has 1 saturated heterocycles. The zero-order valence-electron chi connectivity index (χ0n) is 15.8. The molecule has 1 aliphatic rings. The molecule has 3 aromatic rings. The van der Waals surface area contributed by atoms with Crippen LogP contribution in [0.15, 0.2) is 53.1 Å². The van der Waals surface area contributed by atoms with Crippen molar-refractivity contribution in [2.75, 3.05) is 6.54 Å². The molecule has 0 bridgehead atoms. The number of furan rings is 1. The van der Waals surface area contributed by atoms with Gasteiger partial charge in [0.1, 0.15) is 17.3 Å². The van der Waals surface area contributed by atoms with Crippen LogP contribution >= 0.6 is 0 Å². The molecule has 4 rings (SSSR count). The summed E-state index contributed by atoms with van der Waals surface area (Å²) in [6, 6.07) is 13.9. The topological polar surface area (TPSA) is 62.1 Å². The summed E-state index contributed by atoms with van der Waals surface area (Å²) in [5, 5.41) is 0. The average Bonchev–Trinajstić information content (AvgIpc) is 3.37. The molecule has 1 aliphatic heterocycles. The lowest BCUT2D eigenvalue weighted by Gasteiger charge is -2.36. The van der Waals surface area contributed by atoms with Gasteiger partial charge in [0.15, 0.2) is 0 Å². The molecule has 27 heavy (non-hydrogen) atoms. The first-order valence-electron chi connectivity index (χ1n) is 9.60. The number of aromatic amines is 1. The van der Waals surface area contributed by atoms with Crippen LogP contribution in [0.1, 0.15) is 55.5 Å². The average molecular weight is 363 g/mol. The van der Waals surface area contributed by atoms with Crippen LogP contribution in [0.5, 0.6) is 0 Å². The van der Waals surface area contributed by atoms with Crippen molar-refractivity contribution in [3.05, 3.63) is 66.0 Å². The van der Waals surface area contributed by atoms with Crippen LogP contribution in [-0.4, -0.2) is 27.3 Å². The molecule has 2 atom stereocenters. The fourth-order valence-corrected chi connectivity index (χ4v) is 3.81. The number of imidazole rings is 1. The lowest BCUT2D eigenvalue weighted by Crippen LogP contribution is -2.41. The highest BCUT2D eigenvalue weighted by Gasteiger charge is 2.33. The summed E-state index contributed by atoms with van der Waals surface area (Å²) in [7, 11) is 0. The standard InChI is InChI=1S/C22H25N3O2/c1-15-11-12-20(27-15)16(2)22(26)25-13-7-6-10-19(25)21-23-14-18(24-21)17-8-4-3-5-9-17/h3-5,8-9,11-12,14,16,19H,6-7,10,13H2,1-2H3,(H,23,24). The summed E-state index contributed by atoms with van der Waals surface area (Å²) in [5.74, 6) is 2.24. The minimum atomic E-state index is -0.289. The number of nitrogens with zero attached hydrogens (tertiary/aromatic N) is 2. The third-order valence-electron chi connectivity index (χ3n) is 5.34. The Hall–Kier alpha value is -2.82. The van der Waals surface area contributed by atoms with Gasteiger partial charge in [0, 0.05) is 6.54 Å². The zero-order valence-corrected chi connectivity index (χ0v) is 15.8. The monoisotopic (exact) mass is 363 g/mol. The van der Waals surface area contributed by atoms with Crippen molar-refractivity contribution in [1.82, 2.24) is 14.9 Å². The summed E-state index contributed by atoms with van der Waals surface area (Å²) in [6.45, 7) is 4.58. The second kappa shape index (κ2) is 7.43. The third kappa shape index (κ3) is 3.54. The molecule has 1 aromatic carbocycles. The van der Waals surface area contributed by atoms with Crippen LogP contribution in [0.3, 0.4) is 0 Å². The molecule has 0 saturated carbocycles. The number of nitrogens with one attached hydrogen (secondary N) is 1. The van der Waals surface area contributed by atoms with E-state index in [0.717, 1.165) is 54.4 Å². The van der Waals surface area contributed by atoms with Crippen molar-refractivity contribution in [3.63, 3.8) is 0 Å². The third-order valence-corrected chi connectivity index (χ3v) is 5.34. The lowest BCUT2D eigenvalue weighted by atomic mass is 9.98. The van der Waals surface area contributed by atoms with Gasteiger partial charge >= 0.3 is 0 Å². The Balaban J connectivity index is 1.57. The Morgan fingerprint density at radius 3 is 2.78 bits per heavy atom. The number of aryl methyl sites for hydroxylation is 1. The smallest absolute Gasteiger partial charge is 0.233 e. The molecule has 5 heteroatoms. The maximum Gasteiger partial charge on any atom is 0.233 e. The molecule has 0 spiro atoms. The number of carbonyl (C=O) groups is 1. The van der Waals surface area contributed by atoms with Gasteiger partial charge in [-0.05, 0) is 50.8 Å². The highest BCUT2D eigenvalue weighted by atomic mass is 16.3. The molecule has 2 unspecified atom stereocenters. The molecule has 0 radical (unpaired) electrons. The zero-order chi connectivity index (χ0) is 18.8. The molecule has 1 amide bonds. The van der Waals surface area contributed by atoms with Gasteiger partial charge in [-0.15, -0.1) is 0 Å². The number of aromatic nitrogens is 2. The van der Waals surface area contributed by atoms with Gasteiger partial charge in [0.25, 0.3) is 0 Å². The number of rotatable bonds is 4. The molecule has 3 heterocycles. The second-order valence-corrected chi connectivity index (χ2v) is 7.26. The highest BCUT2D eigenvalue weighted by Crippen LogP contribution is 2.33. The van der Waals surface area contributed by atoms with Gasteiger partial charge in [-0.25, -0.2) is 4.98 Å². The summed E-state index contributed by atoms with van der Waals surface area (Å²) in [5.41, 5.74) is 2.09. The number of benzene rings is 1. The van der Waals surface area contributed by atoms with Crippen LogP contribution in [0.4, 0.5) is 0 Å². The predicted molar refractivity (Wildman–Crippen MR) is 104 cm³/mol. The first-order chi connectivity index (χ1) is 13.1. The Kier molecular flexibility index (Phi) is 4.84.